The summed E-state index contributed by atoms with van der Waals surface area (Å²) in [5, 5.41) is 3.47. The maximum atomic E-state index is 15.8. The van der Waals surface area contributed by atoms with Crippen LogP contribution in [0.4, 0.5) is 4.39 Å². The molecule has 0 radical (unpaired) electrons. The predicted molar refractivity (Wildman–Crippen MR) is 136 cm³/mol. The van der Waals surface area contributed by atoms with Gasteiger partial charge in [0.15, 0.2) is 5.78 Å². The number of alkyl halides is 1. The highest BCUT2D eigenvalue weighted by Gasteiger charge is 2.59. The summed E-state index contributed by atoms with van der Waals surface area (Å²) in [6.07, 6.45) is 13.7. The molecule has 9 unspecified atom stereocenters. The Morgan fingerprint density at radius 1 is 1.22 bits per heavy atom. The van der Waals surface area contributed by atoms with Crippen molar-refractivity contribution in [2.45, 2.75) is 94.4 Å². The molecule has 9 atom stereocenters. The number of ether oxygens (including phenoxy) is 1. The highest BCUT2D eigenvalue weighted by atomic mass is 19.1. The van der Waals surface area contributed by atoms with Crippen LogP contribution in [0.1, 0.15) is 51.4 Å². The monoisotopic (exact) mass is 513 g/mol. The number of Topliss-reactive ketones (excluding diaryl/α,β-unsaturated/α-hetero) is 1. The molecule has 3 heterocycles. The number of ketones is 1. The summed E-state index contributed by atoms with van der Waals surface area (Å²) >= 11 is 0. The molecule has 5 aliphatic rings. The van der Waals surface area contributed by atoms with E-state index in [0.29, 0.717) is 18.4 Å². The molecule has 1 aromatic heterocycles. The Morgan fingerprint density at radius 3 is 2.73 bits per heavy atom. The van der Waals surface area contributed by atoms with Gasteiger partial charge in [-0.25, -0.2) is 9.37 Å². The van der Waals surface area contributed by atoms with Crippen molar-refractivity contribution in [3.8, 4) is 0 Å². The van der Waals surface area contributed by atoms with Crippen LogP contribution in [0.2, 0.25) is 0 Å². The van der Waals surface area contributed by atoms with Gasteiger partial charge in [-0.05, 0) is 44.1 Å². The number of hydrogen-bond acceptors (Lipinski definition) is 6. The van der Waals surface area contributed by atoms with Crippen LogP contribution < -0.4 is 5.32 Å². The topological polar surface area (TPSA) is 79.7 Å². The van der Waals surface area contributed by atoms with Crippen LogP contribution >= 0.6 is 0 Å². The maximum absolute atomic E-state index is 15.8. The first kappa shape index (κ1) is 25.0. The van der Waals surface area contributed by atoms with Crippen LogP contribution in [0.25, 0.3) is 0 Å². The molecule has 4 fully saturated rings. The van der Waals surface area contributed by atoms with Crippen molar-refractivity contribution >= 4 is 11.7 Å². The molecule has 0 aromatic carbocycles. The Bertz CT molecular complexity index is 1030. The Kier molecular flexibility index (Phi) is 6.86. The van der Waals surface area contributed by atoms with Crippen molar-refractivity contribution in [3.63, 3.8) is 0 Å². The summed E-state index contributed by atoms with van der Waals surface area (Å²) in [4.78, 5) is 34.4. The number of nitrogens with zero attached hydrogens (tertiary/aromatic N) is 4. The van der Waals surface area contributed by atoms with Crippen LogP contribution in [0.15, 0.2) is 30.5 Å². The second kappa shape index (κ2) is 10.1. The Labute approximate surface area is 218 Å². The second-order valence-electron chi connectivity index (χ2n) is 12.0. The standard InChI is InChI=1S/C28H40FN5O3/c1-32(2)28(36)20-15-34-22-12-17-6-3-4-7-18(17)13-23(22)37-27-24(21(29)14-19(25(27)34)26(20)35)31-8-5-10-33-11-9-30-16-33/h9,11,15-19,21-25,27,31H,3-8,10,12-14H2,1-2H3. The first-order chi connectivity index (χ1) is 17.9. The number of likely N-dealkylation sites (N-methyl/N-ethyl adjacent to an activating group) is 1. The predicted octanol–water partition coefficient (Wildman–Crippen LogP) is 2.55. The zero-order chi connectivity index (χ0) is 25.7. The number of amides is 1. The number of carbonyl (C=O) groups is 2. The fourth-order valence-corrected chi connectivity index (χ4v) is 7.88. The molecule has 8 nitrogen and oxygen atoms in total. The van der Waals surface area contributed by atoms with E-state index in [1.54, 1.807) is 26.6 Å². The summed E-state index contributed by atoms with van der Waals surface area (Å²) in [7, 11) is 3.34. The molecular weight excluding hydrogens is 473 g/mol. The molecule has 1 aromatic rings. The summed E-state index contributed by atoms with van der Waals surface area (Å²) in [6, 6.07) is -0.561. The van der Waals surface area contributed by atoms with E-state index >= 15 is 4.39 Å². The highest BCUT2D eigenvalue weighted by Crippen LogP contribution is 2.50. The zero-order valence-corrected chi connectivity index (χ0v) is 22.0. The number of aryl methyl sites for hydroxylation is 1. The highest BCUT2D eigenvalue weighted by molar-refractivity contribution is 6.20. The lowest BCUT2D eigenvalue weighted by atomic mass is 9.65. The average Bonchev–Trinajstić information content (AvgIpc) is 3.41. The summed E-state index contributed by atoms with van der Waals surface area (Å²) in [5.74, 6) is 0.260. The molecule has 0 spiro atoms. The average molecular weight is 514 g/mol. The molecule has 9 heteroatoms. The molecule has 1 amide bonds. The lowest BCUT2D eigenvalue weighted by molar-refractivity contribution is -0.208. The number of aromatic nitrogens is 2. The third kappa shape index (κ3) is 4.52. The van der Waals surface area contributed by atoms with Crippen LogP contribution in [-0.4, -0.2) is 88.2 Å². The zero-order valence-electron chi connectivity index (χ0n) is 22.0. The molecule has 6 rings (SSSR count). The van der Waals surface area contributed by atoms with Gasteiger partial charge in [-0.3, -0.25) is 9.59 Å². The number of hydrogen-bond donors (Lipinski definition) is 1. The molecule has 37 heavy (non-hydrogen) atoms. The lowest BCUT2D eigenvalue weighted by Crippen LogP contribution is -2.73. The molecular formula is C28H40FN5O3. The molecule has 202 valence electrons. The summed E-state index contributed by atoms with van der Waals surface area (Å²) in [6.45, 7) is 1.47. The van der Waals surface area contributed by atoms with E-state index in [-0.39, 0.29) is 41.9 Å². The van der Waals surface area contributed by atoms with Gasteiger partial charge in [-0.15, -0.1) is 0 Å². The van der Waals surface area contributed by atoms with Gasteiger partial charge in [0.1, 0.15) is 6.17 Å². The van der Waals surface area contributed by atoms with Crippen LogP contribution in [0.5, 0.6) is 0 Å². The van der Waals surface area contributed by atoms with Crippen LogP contribution in [0.3, 0.4) is 0 Å². The van der Waals surface area contributed by atoms with Gasteiger partial charge in [-0.1, -0.05) is 25.7 Å². The Hall–Kier alpha value is -2.26. The summed E-state index contributed by atoms with van der Waals surface area (Å²) in [5.41, 5.74) is 0.204. The van der Waals surface area contributed by atoms with Gasteiger partial charge >= 0.3 is 0 Å². The summed E-state index contributed by atoms with van der Waals surface area (Å²) < 4.78 is 24.7. The minimum Gasteiger partial charge on any atom is -0.369 e. The van der Waals surface area contributed by atoms with Crippen molar-refractivity contribution < 1.29 is 18.7 Å². The number of fused-ring (bicyclic) bond motifs is 3. The lowest BCUT2D eigenvalue weighted by Gasteiger charge is -2.61. The van der Waals surface area contributed by atoms with Gasteiger partial charge in [0.2, 0.25) is 0 Å². The number of morpholine rings is 1. The number of imidazole rings is 1. The first-order valence-corrected chi connectivity index (χ1v) is 14.2. The third-order valence-corrected chi connectivity index (χ3v) is 9.65. The minimum absolute atomic E-state index is 0.00181. The largest absolute Gasteiger partial charge is 0.369 e. The number of halogens is 1. The first-order valence-electron chi connectivity index (χ1n) is 14.2. The molecule has 3 aliphatic carbocycles. The van der Waals surface area contributed by atoms with Crippen molar-refractivity contribution in [1.29, 1.82) is 0 Å². The van der Waals surface area contributed by atoms with Crippen LogP contribution in [-0.2, 0) is 20.9 Å². The number of nitrogens with one attached hydrogen (secondary N) is 1. The quantitative estimate of drug-likeness (QED) is 0.465. The normalized spacial score (nSPS) is 38.8. The van der Waals surface area contributed by atoms with E-state index in [0.717, 1.165) is 25.8 Å². The van der Waals surface area contributed by atoms with Crippen molar-refractivity contribution in [2.24, 2.45) is 17.8 Å². The van der Waals surface area contributed by atoms with Gasteiger partial charge in [0, 0.05) is 45.2 Å². The van der Waals surface area contributed by atoms with Crippen molar-refractivity contribution in [2.75, 3.05) is 20.6 Å². The molecule has 0 bridgehead atoms. The van der Waals surface area contributed by atoms with E-state index in [1.165, 1.54) is 30.6 Å². The van der Waals surface area contributed by atoms with Gasteiger partial charge in [-0.2, -0.15) is 0 Å². The van der Waals surface area contributed by atoms with E-state index in [1.807, 2.05) is 17.0 Å². The molecule has 3 saturated carbocycles. The fourth-order valence-electron chi connectivity index (χ4n) is 7.88. The van der Waals surface area contributed by atoms with E-state index < -0.39 is 24.2 Å². The van der Waals surface area contributed by atoms with Gasteiger partial charge in [0.25, 0.3) is 5.91 Å². The maximum Gasteiger partial charge on any atom is 0.258 e. The fraction of sp³-hybridized carbons (Fsp3) is 0.750. The Morgan fingerprint density at radius 2 is 2.00 bits per heavy atom. The minimum atomic E-state index is -1.21. The third-order valence-electron chi connectivity index (χ3n) is 9.65. The number of rotatable bonds is 6. The van der Waals surface area contributed by atoms with Gasteiger partial charge in [0.05, 0.1) is 42.2 Å². The molecule has 1 saturated heterocycles. The van der Waals surface area contributed by atoms with Crippen molar-refractivity contribution in [3.05, 3.63) is 30.5 Å². The van der Waals surface area contributed by atoms with E-state index in [2.05, 4.69) is 15.2 Å². The van der Waals surface area contributed by atoms with E-state index in [9.17, 15) is 9.59 Å². The van der Waals surface area contributed by atoms with Crippen LogP contribution in [0, 0.1) is 17.8 Å². The second-order valence-corrected chi connectivity index (χ2v) is 12.0. The SMILES string of the molecule is CN(C)C(=O)C1=CN2C3CC4CCCCC4CC3OC3C(NCCCn4ccnc4)C(F)CC(C1=O)C32. The molecule has 2 aliphatic heterocycles. The van der Waals surface area contributed by atoms with E-state index in [4.69, 9.17) is 4.74 Å². The molecule has 1 N–H and O–H groups in total. The smallest absolute Gasteiger partial charge is 0.258 e. The number of carbonyl (C=O) groups excluding carboxylic acids is 2. The van der Waals surface area contributed by atoms with Gasteiger partial charge < -0.3 is 24.4 Å². The Balaban J connectivity index is 1.28. The van der Waals surface area contributed by atoms with Crippen molar-refractivity contribution in [1.82, 2.24) is 24.7 Å².